The number of halogens is 1. The number of hydrogen-bond acceptors (Lipinski definition) is 2. The molecule has 2 aromatic carbocycles. The summed E-state index contributed by atoms with van der Waals surface area (Å²) < 4.78 is 0. The molecule has 0 saturated carbocycles. The lowest BCUT2D eigenvalue weighted by Gasteiger charge is -2.12. The zero-order valence-electron chi connectivity index (χ0n) is 11.0. The Morgan fingerprint density at radius 2 is 1.95 bits per heavy atom. The first-order valence-electron chi connectivity index (χ1n) is 6.04. The van der Waals surface area contributed by atoms with Crippen molar-refractivity contribution in [1.29, 1.82) is 0 Å². The Kier molecular flexibility index (Phi) is 4.74. The molecule has 20 heavy (non-hydrogen) atoms. The molecule has 0 fully saturated rings. The molecule has 2 rings (SSSR count). The van der Waals surface area contributed by atoms with Crippen molar-refractivity contribution in [3.63, 3.8) is 0 Å². The van der Waals surface area contributed by atoms with E-state index in [4.69, 9.17) is 11.6 Å². The molecule has 0 saturated heterocycles. The van der Waals surface area contributed by atoms with Gasteiger partial charge in [0.2, 0.25) is 0 Å². The van der Waals surface area contributed by atoms with Gasteiger partial charge in [-0.1, -0.05) is 48.0 Å². The van der Waals surface area contributed by atoms with Gasteiger partial charge >= 0.3 is 6.03 Å². The fraction of sp³-hybridized carbons (Fsp3) is 0.0667. The van der Waals surface area contributed by atoms with Crippen molar-refractivity contribution in [3.05, 3.63) is 65.2 Å². The summed E-state index contributed by atoms with van der Waals surface area (Å²) >= 11 is 5.85. The van der Waals surface area contributed by atoms with Gasteiger partial charge in [-0.25, -0.2) is 9.80 Å². The Morgan fingerprint density at radius 1 is 1.20 bits per heavy atom. The van der Waals surface area contributed by atoms with E-state index in [0.717, 1.165) is 5.56 Å². The molecule has 0 aliphatic heterocycles. The minimum Gasteiger partial charge on any atom is -0.306 e. The highest BCUT2D eigenvalue weighted by atomic mass is 35.5. The maximum Gasteiger partial charge on any atom is 0.341 e. The second-order valence-corrected chi connectivity index (χ2v) is 4.56. The number of carbonyl (C=O) groups excluding carboxylic acids is 1. The summed E-state index contributed by atoms with van der Waals surface area (Å²) in [5, 5.41) is 8.58. The molecule has 5 heteroatoms. The lowest BCUT2D eigenvalue weighted by atomic mass is 10.2. The highest BCUT2D eigenvalue weighted by Gasteiger charge is 2.06. The number of urea groups is 1. The first-order chi connectivity index (χ1) is 9.65. The van der Waals surface area contributed by atoms with E-state index in [1.807, 2.05) is 30.3 Å². The number of anilines is 1. The number of hydrazone groups is 1. The zero-order valence-corrected chi connectivity index (χ0v) is 11.7. The molecule has 0 atom stereocenters. The number of nitrogens with zero attached hydrogens (tertiary/aromatic N) is 2. The Balaban J connectivity index is 1.97. The van der Waals surface area contributed by atoms with Crippen molar-refractivity contribution >= 4 is 29.5 Å². The van der Waals surface area contributed by atoms with E-state index in [2.05, 4.69) is 10.4 Å². The summed E-state index contributed by atoms with van der Waals surface area (Å²) in [5.41, 5.74) is 1.55. The quantitative estimate of drug-likeness (QED) is 0.676. The highest BCUT2D eigenvalue weighted by molar-refractivity contribution is 6.30. The predicted octanol–water partition coefficient (Wildman–Crippen LogP) is 3.84. The third-order valence-corrected chi connectivity index (χ3v) is 2.78. The van der Waals surface area contributed by atoms with Crippen LogP contribution in [-0.2, 0) is 0 Å². The van der Waals surface area contributed by atoms with Gasteiger partial charge in [-0.05, 0) is 23.8 Å². The monoisotopic (exact) mass is 287 g/mol. The number of rotatable bonds is 3. The van der Waals surface area contributed by atoms with Crippen LogP contribution < -0.4 is 5.32 Å². The van der Waals surface area contributed by atoms with Crippen molar-refractivity contribution in [2.24, 2.45) is 5.10 Å². The second-order valence-electron chi connectivity index (χ2n) is 4.12. The topological polar surface area (TPSA) is 44.7 Å². The van der Waals surface area contributed by atoms with E-state index in [0.29, 0.717) is 10.7 Å². The summed E-state index contributed by atoms with van der Waals surface area (Å²) in [6, 6.07) is 16.2. The Bertz CT molecular complexity index is 614. The van der Waals surface area contributed by atoms with Crippen LogP contribution in [0, 0.1) is 0 Å². The van der Waals surface area contributed by atoms with Crippen LogP contribution in [0.4, 0.5) is 10.5 Å². The molecule has 0 aliphatic carbocycles. The summed E-state index contributed by atoms with van der Waals surface area (Å²) in [7, 11) is 1.58. The zero-order chi connectivity index (χ0) is 14.4. The van der Waals surface area contributed by atoms with Gasteiger partial charge in [0.05, 0.1) is 6.21 Å². The van der Waals surface area contributed by atoms with Crippen molar-refractivity contribution in [2.75, 3.05) is 12.4 Å². The minimum atomic E-state index is -0.334. The predicted molar refractivity (Wildman–Crippen MR) is 82.3 cm³/mol. The first-order valence-corrected chi connectivity index (χ1v) is 6.42. The number of benzene rings is 2. The summed E-state index contributed by atoms with van der Waals surface area (Å²) in [4.78, 5) is 11.9. The summed E-state index contributed by atoms with van der Waals surface area (Å²) in [6.07, 6.45) is 1.62. The van der Waals surface area contributed by atoms with Crippen molar-refractivity contribution in [2.45, 2.75) is 0 Å². The molecular formula is C15H14ClN3O. The second kappa shape index (κ2) is 6.73. The average molecular weight is 288 g/mol. The number of nitrogens with one attached hydrogen (secondary N) is 1. The SMILES string of the molecule is CN(/N=C/c1ccccc1)C(=O)Nc1cccc(Cl)c1. The molecule has 102 valence electrons. The van der Waals surface area contributed by atoms with Crippen LogP contribution in [0.1, 0.15) is 5.56 Å². The smallest absolute Gasteiger partial charge is 0.306 e. The lowest BCUT2D eigenvalue weighted by Crippen LogP contribution is -2.26. The maximum atomic E-state index is 11.9. The molecule has 4 nitrogen and oxygen atoms in total. The van der Waals surface area contributed by atoms with Crippen molar-refractivity contribution in [1.82, 2.24) is 5.01 Å². The first kappa shape index (κ1) is 14.1. The molecule has 0 heterocycles. The van der Waals surface area contributed by atoms with Crippen LogP contribution in [0.3, 0.4) is 0 Å². The van der Waals surface area contributed by atoms with Crippen LogP contribution >= 0.6 is 11.6 Å². The van der Waals surface area contributed by atoms with Crippen LogP contribution in [0.25, 0.3) is 0 Å². The standard InChI is InChI=1S/C15H14ClN3O/c1-19(17-11-12-6-3-2-4-7-12)15(20)18-14-9-5-8-13(16)10-14/h2-11H,1H3,(H,18,20)/b17-11+. The Morgan fingerprint density at radius 3 is 2.65 bits per heavy atom. The molecule has 0 spiro atoms. The highest BCUT2D eigenvalue weighted by Crippen LogP contribution is 2.15. The molecule has 0 aliphatic rings. The molecule has 1 N–H and O–H groups in total. The molecule has 2 amide bonds. The van der Waals surface area contributed by atoms with Crippen LogP contribution in [0.5, 0.6) is 0 Å². The van der Waals surface area contributed by atoms with Crippen LogP contribution in [-0.4, -0.2) is 24.3 Å². The van der Waals surface area contributed by atoms with Gasteiger partial charge in [-0.3, -0.25) is 0 Å². The molecule has 0 unspecified atom stereocenters. The number of carbonyl (C=O) groups is 1. The van der Waals surface area contributed by atoms with E-state index < -0.39 is 0 Å². The van der Waals surface area contributed by atoms with E-state index in [1.54, 1.807) is 37.5 Å². The fourth-order valence-corrected chi connectivity index (χ4v) is 1.71. The van der Waals surface area contributed by atoms with Gasteiger partial charge < -0.3 is 5.32 Å². The van der Waals surface area contributed by atoms with Crippen molar-refractivity contribution < 1.29 is 4.79 Å². The Labute approximate surface area is 122 Å². The van der Waals surface area contributed by atoms with Gasteiger partial charge in [0.25, 0.3) is 0 Å². The summed E-state index contributed by atoms with van der Waals surface area (Å²) in [6.45, 7) is 0. The number of hydrogen-bond donors (Lipinski definition) is 1. The van der Waals surface area contributed by atoms with Crippen molar-refractivity contribution in [3.8, 4) is 0 Å². The average Bonchev–Trinajstić information content (AvgIpc) is 2.46. The summed E-state index contributed by atoms with van der Waals surface area (Å²) in [5.74, 6) is 0. The third-order valence-electron chi connectivity index (χ3n) is 2.55. The van der Waals surface area contributed by atoms with Gasteiger partial charge in [-0.2, -0.15) is 5.10 Å². The van der Waals surface area contributed by atoms with E-state index in [1.165, 1.54) is 5.01 Å². The maximum absolute atomic E-state index is 11.9. The van der Waals surface area contributed by atoms with E-state index in [-0.39, 0.29) is 6.03 Å². The van der Waals surface area contributed by atoms with Gasteiger partial charge in [0, 0.05) is 17.8 Å². The normalized spacial score (nSPS) is 10.5. The van der Waals surface area contributed by atoms with Gasteiger partial charge in [-0.15, -0.1) is 0 Å². The largest absolute Gasteiger partial charge is 0.341 e. The molecule has 0 aromatic heterocycles. The number of amides is 2. The molecule has 0 bridgehead atoms. The molecular weight excluding hydrogens is 274 g/mol. The lowest BCUT2D eigenvalue weighted by molar-refractivity contribution is 0.224. The van der Waals surface area contributed by atoms with Crippen LogP contribution in [0.15, 0.2) is 59.7 Å². The minimum absolute atomic E-state index is 0.334. The molecule has 0 radical (unpaired) electrons. The molecule has 2 aromatic rings. The van der Waals surface area contributed by atoms with Gasteiger partial charge in [0.15, 0.2) is 0 Å². The third kappa shape index (κ3) is 4.10. The van der Waals surface area contributed by atoms with E-state index in [9.17, 15) is 4.79 Å². The fourth-order valence-electron chi connectivity index (χ4n) is 1.52. The van der Waals surface area contributed by atoms with Gasteiger partial charge in [0.1, 0.15) is 0 Å². The van der Waals surface area contributed by atoms with Crippen LogP contribution in [0.2, 0.25) is 5.02 Å². The van der Waals surface area contributed by atoms with E-state index >= 15 is 0 Å². The Hall–Kier alpha value is -2.33.